The molecule has 3 N–H and O–H groups in total. The van der Waals surface area contributed by atoms with Crippen LogP contribution in [0.4, 0.5) is 10.2 Å². The molecule has 3 aromatic rings. The Kier molecular flexibility index (Phi) is 4.46. The monoisotopic (exact) mass is 344 g/mol. The zero-order valence-corrected chi connectivity index (χ0v) is 13.0. The molecule has 0 unspecified atom stereocenters. The van der Waals surface area contributed by atoms with Crippen LogP contribution in [0, 0.1) is 5.82 Å². The number of carbonyl (C=O) groups excluding carboxylic acids is 1. The summed E-state index contributed by atoms with van der Waals surface area (Å²) >= 11 is 0. The van der Waals surface area contributed by atoms with Crippen molar-refractivity contribution >= 4 is 17.9 Å². The van der Waals surface area contributed by atoms with Crippen LogP contribution >= 0.6 is 0 Å². The Morgan fingerprint density at radius 3 is 2.92 bits per heavy atom. The summed E-state index contributed by atoms with van der Waals surface area (Å²) in [6, 6.07) is 6.03. The fourth-order valence-electron chi connectivity index (χ4n) is 2.10. The van der Waals surface area contributed by atoms with Gasteiger partial charge in [-0.05, 0) is 22.8 Å². The maximum absolute atomic E-state index is 13.5. The fourth-order valence-corrected chi connectivity index (χ4v) is 2.10. The normalized spacial score (nSPS) is 11.1. The van der Waals surface area contributed by atoms with Crippen LogP contribution in [0.25, 0.3) is 5.82 Å². The number of halogens is 1. The number of hydrogen-bond donors (Lipinski definition) is 2. The molecule has 0 atom stereocenters. The van der Waals surface area contributed by atoms with E-state index in [9.17, 15) is 9.18 Å². The predicted octanol–water partition coefficient (Wildman–Crippen LogP) is 0.698. The van der Waals surface area contributed by atoms with E-state index in [4.69, 9.17) is 5.73 Å². The van der Waals surface area contributed by atoms with Crippen molar-refractivity contribution in [2.24, 2.45) is 5.10 Å². The Hall–Kier alpha value is -3.63. The molecule has 1 amide bonds. The lowest BCUT2D eigenvalue weighted by atomic mass is 10.2. The Labute approximate surface area is 140 Å². The topological polar surface area (TPSA) is 137 Å². The van der Waals surface area contributed by atoms with Crippen LogP contribution in [0.2, 0.25) is 0 Å². The van der Waals surface area contributed by atoms with Gasteiger partial charge in [0.05, 0.1) is 11.9 Å². The molecule has 0 radical (unpaired) electrons. The highest BCUT2D eigenvalue weighted by Crippen LogP contribution is 2.16. The average molecular weight is 344 g/mol. The second kappa shape index (κ2) is 6.86. The van der Waals surface area contributed by atoms with E-state index in [0.29, 0.717) is 12.1 Å². The van der Waals surface area contributed by atoms with Gasteiger partial charge in [0.2, 0.25) is 11.6 Å². The number of amides is 1. The molecule has 0 aliphatic heterocycles. The minimum Gasteiger partial charge on any atom is -0.378 e. The molecule has 0 aliphatic carbocycles. The second-order valence-corrected chi connectivity index (χ2v) is 4.84. The molecule has 3 rings (SSSR count). The van der Waals surface area contributed by atoms with Crippen LogP contribution in [0.3, 0.4) is 0 Å². The number of nitrogens with one attached hydrogen (secondary N) is 1. The Bertz CT molecular complexity index is 933. The van der Waals surface area contributed by atoms with E-state index in [1.165, 1.54) is 23.0 Å². The van der Waals surface area contributed by atoms with Gasteiger partial charge in [-0.1, -0.05) is 30.3 Å². The van der Waals surface area contributed by atoms with Gasteiger partial charge in [0.1, 0.15) is 5.82 Å². The van der Waals surface area contributed by atoms with Crippen molar-refractivity contribution in [1.29, 1.82) is 0 Å². The van der Waals surface area contributed by atoms with E-state index in [1.807, 2.05) is 0 Å². The Morgan fingerprint density at radius 2 is 2.24 bits per heavy atom. The summed E-state index contributed by atoms with van der Waals surface area (Å²) in [6.07, 6.45) is 1.61. The molecule has 0 spiro atoms. The maximum Gasteiger partial charge on any atom is 0.293 e. The summed E-state index contributed by atoms with van der Waals surface area (Å²) in [4.78, 5) is 12.2. The van der Waals surface area contributed by atoms with Gasteiger partial charge in [0, 0.05) is 5.56 Å². The number of nitrogens with zero attached hydrogens (tertiary/aromatic N) is 6. The first-order valence-corrected chi connectivity index (χ1v) is 7.22. The lowest BCUT2D eigenvalue weighted by Gasteiger charge is -2.02. The highest BCUT2D eigenvalue weighted by molar-refractivity contribution is 5.94. The first-order valence-electron chi connectivity index (χ1n) is 7.22. The van der Waals surface area contributed by atoms with Crippen molar-refractivity contribution in [2.75, 3.05) is 5.73 Å². The number of aromatic nitrogens is 5. The lowest BCUT2D eigenvalue weighted by Crippen LogP contribution is -2.20. The van der Waals surface area contributed by atoms with Gasteiger partial charge in [-0.25, -0.2) is 14.4 Å². The lowest BCUT2D eigenvalue weighted by molar-refractivity contribution is 0.0949. The van der Waals surface area contributed by atoms with E-state index >= 15 is 0 Å². The average Bonchev–Trinajstić information content (AvgIpc) is 3.21. The number of hydrazone groups is 1. The van der Waals surface area contributed by atoms with Gasteiger partial charge < -0.3 is 5.73 Å². The van der Waals surface area contributed by atoms with E-state index < -0.39 is 11.7 Å². The number of benzene rings is 1. The van der Waals surface area contributed by atoms with Gasteiger partial charge >= 0.3 is 0 Å². The zero-order valence-electron chi connectivity index (χ0n) is 13.0. The minimum absolute atomic E-state index is 0.0177. The van der Waals surface area contributed by atoms with E-state index in [0.717, 1.165) is 0 Å². The first kappa shape index (κ1) is 16.2. The third-order valence-corrected chi connectivity index (χ3v) is 3.28. The van der Waals surface area contributed by atoms with Crippen molar-refractivity contribution < 1.29 is 13.8 Å². The molecule has 0 saturated heterocycles. The Morgan fingerprint density at radius 1 is 1.44 bits per heavy atom. The van der Waals surface area contributed by atoms with Crippen LogP contribution in [-0.4, -0.2) is 37.4 Å². The van der Waals surface area contributed by atoms with Crippen molar-refractivity contribution in [3.63, 3.8) is 0 Å². The predicted molar refractivity (Wildman–Crippen MR) is 84.5 cm³/mol. The van der Waals surface area contributed by atoms with Crippen LogP contribution in [0.15, 0.2) is 34.0 Å². The first-order chi connectivity index (χ1) is 12.1. The number of anilines is 1. The maximum atomic E-state index is 13.5. The molecule has 10 nitrogen and oxygen atoms in total. The number of hydrogen-bond acceptors (Lipinski definition) is 8. The summed E-state index contributed by atoms with van der Waals surface area (Å²) in [5, 5.41) is 18.5. The molecule has 128 valence electrons. The van der Waals surface area contributed by atoms with Crippen molar-refractivity contribution in [1.82, 2.24) is 30.7 Å². The largest absolute Gasteiger partial charge is 0.378 e. The van der Waals surface area contributed by atoms with E-state index in [-0.39, 0.29) is 22.9 Å². The number of nitrogens with two attached hydrogens (primary N) is 1. The minimum atomic E-state index is -0.606. The molecule has 11 heteroatoms. The third-order valence-electron chi connectivity index (χ3n) is 3.28. The van der Waals surface area contributed by atoms with Crippen molar-refractivity contribution in [3.05, 3.63) is 47.0 Å². The molecular weight excluding hydrogens is 331 g/mol. The van der Waals surface area contributed by atoms with Crippen molar-refractivity contribution in [2.45, 2.75) is 13.3 Å². The summed E-state index contributed by atoms with van der Waals surface area (Å²) in [7, 11) is 0. The molecule has 2 heterocycles. The zero-order chi connectivity index (χ0) is 17.8. The molecule has 0 bridgehead atoms. The molecule has 0 aliphatic rings. The SMILES string of the molecule is CCc1c(C(=O)NN=Cc2ccccc2F)nnn1-c1nonc1N. The summed E-state index contributed by atoms with van der Waals surface area (Å²) in [6.45, 7) is 1.80. The third kappa shape index (κ3) is 3.20. The molecular formula is C14H13FN8O2. The summed E-state index contributed by atoms with van der Waals surface area (Å²) in [5.41, 5.74) is 8.63. The van der Waals surface area contributed by atoms with E-state index in [1.54, 1.807) is 19.1 Å². The van der Waals surface area contributed by atoms with Gasteiger partial charge in [-0.3, -0.25) is 4.79 Å². The number of carbonyl (C=O) groups is 1. The van der Waals surface area contributed by atoms with Crippen LogP contribution in [0.1, 0.15) is 28.7 Å². The molecule has 25 heavy (non-hydrogen) atoms. The number of rotatable bonds is 5. The molecule has 2 aromatic heterocycles. The quantitative estimate of drug-likeness (QED) is 0.513. The summed E-state index contributed by atoms with van der Waals surface area (Å²) < 4.78 is 19.3. The molecule has 0 saturated carbocycles. The molecule has 0 fully saturated rings. The van der Waals surface area contributed by atoms with E-state index in [2.05, 4.69) is 35.8 Å². The van der Waals surface area contributed by atoms with Gasteiger partial charge in [-0.15, -0.1) is 5.10 Å². The number of nitrogen functional groups attached to an aromatic ring is 1. The highest BCUT2D eigenvalue weighted by Gasteiger charge is 2.22. The second-order valence-electron chi connectivity index (χ2n) is 4.84. The van der Waals surface area contributed by atoms with Crippen LogP contribution in [-0.2, 0) is 6.42 Å². The fraction of sp³-hybridized carbons (Fsp3) is 0.143. The highest BCUT2D eigenvalue weighted by atomic mass is 19.1. The van der Waals surface area contributed by atoms with Gasteiger partial charge in [0.25, 0.3) is 5.91 Å². The van der Waals surface area contributed by atoms with Crippen LogP contribution in [0.5, 0.6) is 0 Å². The van der Waals surface area contributed by atoms with Gasteiger partial charge in [-0.2, -0.15) is 9.78 Å². The van der Waals surface area contributed by atoms with Crippen molar-refractivity contribution in [3.8, 4) is 5.82 Å². The smallest absolute Gasteiger partial charge is 0.293 e. The molecule has 1 aromatic carbocycles. The Balaban J connectivity index is 1.80. The van der Waals surface area contributed by atoms with Crippen LogP contribution < -0.4 is 11.2 Å². The van der Waals surface area contributed by atoms with Gasteiger partial charge in [0.15, 0.2) is 5.69 Å². The standard InChI is InChI=1S/C14H13FN8O2/c1-2-10-11(18-22-23(10)13-12(16)20-25-21-13)14(24)19-17-7-8-5-3-4-6-9(8)15/h3-7H,2H2,1H3,(H2,16,20)(H,19,24). The summed E-state index contributed by atoms with van der Waals surface area (Å²) in [5.74, 6) is -0.900.